The molecule has 1 aromatic rings. The second-order valence-electron chi connectivity index (χ2n) is 7.95. The summed E-state index contributed by atoms with van der Waals surface area (Å²) >= 11 is 0. The second kappa shape index (κ2) is 7.05. The van der Waals surface area contributed by atoms with Crippen molar-refractivity contribution in [3.05, 3.63) is 46.5 Å². The van der Waals surface area contributed by atoms with Crippen LogP contribution in [-0.4, -0.2) is 43.6 Å². The summed E-state index contributed by atoms with van der Waals surface area (Å²) in [4.78, 5) is 25.8. The summed E-state index contributed by atoms with van der Waals surface area (Å²) < 4.78 is 21.5. The number of hydrogen-bond acceptors (Lipinski definition) is 5. The molecule has 1 saturated heterocycles. The van der Waals surface area contributed by atoms with Gasteiger partial charge in [-0.05, 0) is 25.6 Å². The number of halogens is 1. The molecule has 4 atom stereocenters. The van der Waals surface area contributed by atoms with Crippen molar-refractivity contribution in [2.24, 2.45) is 5.92 Å². The van der Waals surface area contributed by atoms with Crippen LogP contribution in [0.15, 0.2) is 30.9 Å². The van der Waals surface area contributed by atoms with Crippen LogP contribution in [0.2, 0.25) is 18.6 Å². The molecule has 0 unspecified atom stereocenters. The molecule has 0 aliphatic carbocycles. The number of aliphatic hydroxyl groups is 1. The number of fused-ring (bicyclic) bond motifs is 2. The maximum atomic E-state index is 15.2. The molecule has 2 aliphatic rings. The summed E-state index contributed by atoms with van der Waals surface area (Å²) in [6.07, 6.45) is 1.14. The van der Waals surface area contributed by atoms with Crippen molar-refractivity contribution in [1.29, 1.82) is 0 Å². The Kier molecular flexibility index (Phi) is 5.20. The molecule has 1 N–H and O–H groups in total. The summed E-state index contributed by atoms with van der Waals surface area (Å²) in [7, 11) is -3.27. The second-order valence-corrected chi connectivity index (χ2v) is 11.7. The summed E-state index contributed by atoms with van der Waals surface area (Å²) in [5, 5.41) is 20.8. The molecule has 1 spiro atoms. The third-order valence-electron chi connectivity index (χ3n) is 5.88. The van der Waals surface area contributed by atoms with Crippen LogP contribution in [0.1, 0.15) is 18.9 Å². The third kappa shape index (κ3) is 2.89. The smallest absolute Gasteiger partial charge is 0.269 e. The number of ether oxygens (including phenoxy) is 1. The van der Waals surface area contributed by atoms with Gasteiger partial charge in [0, 0.05) is 42.3 Å². The number of nitro groups is 1. The van der Waals surface area contributed by atoms with Gasteiger partial charge < -0.3 is 18.9 Å². The Morgan fingerprint density at radius 3 is 2.71 bits per heavy atom. The summed E-state index contributed by atoms with van der Waals surface area (Å²) in [5.41, 5.74) is -1.26. The lowest BCUT2D eigenvalue weighted by atomic mass is 9.82. The standard InChI is InChI=1S/C19H25FN2O5Si/c1-5-9-21-15-7-6-13(22(25)26)11-14(15)19(18(21)24)12(2)17(28(3,4)20)16(27-19)8-10-23/h5-7,11-12,16-17,23H,1,8-10H2,2-4H3/t12-,16+,17-,19+/m0/s1. The van der Waals surface area contributed by atoms with Crippen LogP contribution in [-0.2, 0) is 15.1 Å². The van der Waals surface area contributed by atoms with E-state index in [9.17, 15) is 20.0 Å². The fourth-order valence-electron chi connectivity index (χ4n) is 4.86. The van der Waals surface area contributed by atoms with Crippen LogP contribution in [0.3, 0.4) is 0 Å². The van der Waals surface area contributed by atoms with Gasteiger partial charge in [-0.15, -0.1) is 6.58 Å². The quantitative estimate of drug-likeness (QED) is 0.256. The molecule has 1 fully saturated rings. The monoisotopic (exact) mass is 408 g/mol. The lowest BCUT2D eigenvalue weighted by Gasteiger charge is -2.31. The highest BCUT2D eigenvalue weighted by molar-refractivity contribution is 6.72. The minimum absolute atomic E-state index is 0.152. The van der Waals surface area contributed by atoms with E-state index < -0.39 is 36.5 Å². The number of rotatable bonds is 6. The maximum absolute atomic E-state index is 15.2. The molecule has 1 aromatic carbocycles. The Morgan fingerprint density at radius 1 is 1.50 bits per heavy atom. The van der Waals surface area contributed by atoms with E-state index in [4.69, 9.17) is 4.74 Å². The number of carbonyl (C=O) groups excluding carboxylic acids is 1. The Balaban J connectivity index is 2.22. The van der Waals surface area contributed by atoms with Gasteiger partial charge in [0.2, 0.25) is 8.41 Å². The van der Waals surface area contributed by atoms with Gasteiger partial charge in [-0.2, -0.15) is 0 Å². The fraction of sp³-hybridized carbons (Fsp3) is 0.526. The van der Waals surface area contributed by atoms with E-state index in [-0.39, 0.29) is 31.2 Å². The molecule has 0 saturated carbocycles. The minimum Gasteiger partial charge on any atom is -0.396 e. The predicted octanol–water partition coefficient (Wildman–Crippen LogP) is 3.28. The van der Waals surface area contributed by atoms with Crippen molar-refractivity contribution < 1.29 is 23.7 Å². The molecule has 28 heavy (non-hydrogen) atoms. The Bertz CT molecular complexity index is 827. The number of amides is 1. The van der Waals surface area contributed by atoms with Gasteiger partial charge in [0.1, 0.15) is 0 Å². The molecule has 0 bridgehead atoms. The zero-order chi connectivity index (χ0) is 20.9. The number of aliphatic hydroxyl groups excluding tert-OH is 1. The fourth-order valence-corrected chi connectivity index (χ4v) is 7.40. The lowest BCUT2D eigenvalue weighted by molar-refractivity contribution is -0.385. The van der Waals surface area contributed by atoms with Crippen molar-refractivity contribution in [3.8, 4) is 0 Å². The Hall–Kier alpha value is -2.10. The van der Waals surface area contributed by atoms with E-state index >= 15 is 4.11 Å². The summed E-state index contributed by atoms with van der Waals surface area (Å²) in [5.74, 6) is -0.891. The summed E-state index contributed by atoms with van der Waals surface area (Å²) in [6.45, 7) is 8.61. The SMILES string of the molecule is C=CCN1C(=O)[C@]2(O[C@H](CCO)[C@@H]([Si](C)(C)F)[C@@H]2C)c2cc([N+](=O)[O-])ccc21. The Morgan fingerprint density at radius 2 is 2.18 bits per heavy atom. The van der Waals surface area contributed by atoms with E-state index in [0.717, 1.165) is 0 Å². The first-order chi connectivity index (χ1) is 13.1. The number of non-ortho nitro benzene ring substituents is 1. The van der Waals surface area contributed by atoms with Crippen molar-refractivity contribution >= 4 is 25.7 Å². The highest BCUT2D eigenvalue weighted by Crippen LogP contribution is 2.60. The average molecular weight is 409 g/mol. The molecule has 2 aliphatic heterocycles. The van der Waals surface area contributed by atoms with E-state index in [2.05, 4.69) is 6.58 Å². The van der Waals surface area contributed by atoms with Gasteiger partial charge in [-0.1, -0.05) is 13.0 Å². The number of nitro benzene ring substituents is 1. The van der Waals surface area contributed by atoms with E-state index in [1.165, 1.54) is 23.1 Å². The number of benzene rings is 1. The van der Waals surface area contributed by atoms with Crippen molar-refractivity contribution in [2.45, 2.75) is 43.7 Å². The number of hydrogen-bond donors (Lipinski definition) is 1. The van der Waals surface area contributed by atoms with Gasteiger partial charge in [0.25, 0.3) is 11.6 Å². The molecular formula is C19H25FN2O5Si. The van der Waals surface area contributed by atoms with E-state index in [1.807, 2.05) is 0 Å². The van der Waals surface area contributed by atoms with Crippen LogP contribution < -0.4 is 4.90 Å². The molecule has 9 heteroatoms. The maximum Gasteiger partial charge on any atom is 0.269 e. The van der Waals surface area contributed by atoms with Gasteiger partial charge in [0.15, 0.2) is 5.60 Å². The molecule has 1 amide bonds. The van der Waals surface area contributed by atoms with Gasteiger partial charge in [-0.25, -0.2) is 0 Å². The lowest BCUT2D eigenvalue weighted by Crippen LogP contribution is -2.45. The van der Waals surface area contributed by atoms with Crippen LogP contribution in [0, 0.1) is 16.0 Å². The minimum atomic E-state index is -3.27. The molecule has 0 radical (unpaired) electrons. The van der Waals surface area contributed by atoms with Crippen molar-refractivity contribution in [1.82, 2.24) is 0 Å². The van der Waals surface area contributed by atoms with Gasteiger partial charge in [0.05, 0.1) is 16.7 Å². The molecule has 7 nitrogen and oxygen atoms in total. The first kappa shape index (κ1) is 20.6. The van der Waals surface area contributed by atoms with Crippen LogP contribution >= 0.6 is 0 Å². The molecule has 0 aromatic heterocycles. The van der Waals surface area contributed by atoms with Gasteiger partial charge >= 0.3 is 0 Å². The van der Waals surface area contributed by atoms with Crippen molar-refractivity contribution in [3.63, 3.8) is 0 Å². The zero-order valence-electron chi connectivity index (χ0n) is 16.2. The number of anilines is 1. The van der Waals surface area contributed by atoms with Crippen LogP contribution in [0.4, 0.5) is 15.5 Å². The molecule has 2 heterocycles. The van der Waals surface area contributed by atoms with Crippen LogP contribution in [0.5, 0.6) is 0 Å². The molecule has 152 valence electrons. The van der Waals surface area contributed by atoms with E-state index in [0.29, 0.717) is 11.3 Å². The topological polar surface area (TPSA) is 92.9 Å². The number of carbonyl (C=O) groups is 1. The normalized spacial score (nSPS) is 29.4. The largest absolute Gasteiger partial charge is 0.396 e. The highest BCUT2D eigenvalue weighted by Gasteiger charge is 2.66. The van der Waals surface area contributed by atoms with Crippen molar-refractivity contribution in [2.75, 3.05) is 18.1 Å². The zero-order valence-corrected chi connectivity index (χ0v) is 17.2. The molecule has 3 rings (SSSR count). The average Bonchev–Trinajstić information content (AvgIpc) is 3.03. The first-order valence-electron chi connectivity index (χ1n) is 9.29. The highest BCUT2D eigenvalue weighted by atomic mass is 28.4. The van der Waals surface area contributed by atoms with Crippen LogP contribution in [0.25, 0.3) is 0 Å². The predicted molar refractivity (Wildman–Crippen MR) is 105 cm³/mol. The van der Waals surface area contributed by atoms with Gasteiger partial charge in [-0.3, -0.25) is 14.9 Å². The third-order valence-corrected chi connectivity index (χ3v) is 8.34. The first-order valence-corrected chi connectivity index (χ1v) is 12.2. The number of nitrogens with zero attached hydrogens (tertiary/aromatic N) is 2. The molecular weight excluding hydrogens is 383 g/mol. The Labute approximate surface area is 164 Å². The summed E-state index contributed by atoms with van der Waals surface area (Å²) in [6, 6.07) is 4.24. The van der Waals surface area contributed by atoms with E-state index in [1.54, 1.807) is 26.1 Å².